The normalized spacial score (nSPS) is 11.1. The minimum Gasteiger partial charge on any atom is -0.273 e. The van der Waals surface area contributed by atoms with E-state index in [1.54, 1.807) is 6.07 Å². The smallest absolute Gasteiger partial charge is 0.273 e. The monoisotopic (exact) mass is 437 g/mol. The lowest BCUT2D eigenvalue weighted by molar-refractivity contribution is -0.384. The molecule has 0 saturated carbocycles. The van der Waals surface area contributed by atoms with Gasteiger partial charge in [0.15, 0.2) is 0 Å². The van der Waals surface area contributed by atoms with Crippen molar-refractivity contribution in [2.45, 2.75) is 96.8 Å². The molecule has 1 aromatic rings. The van der Waals surface area contributed by atoms with Gasteiger partial charge in [0.25, 0.3) is 5.69 Å². The molecule has 1 rings (SSSR count). The second-order valence-corrected chi connectivity index (χ2v) is 8.16. The Morgan fingerprint density at radius 3 is 2.07 bits per heavy atom. The second-order valence-electron chi connectivity index (χ2n) is 7.75. The van der Waals surface area contributed by atoms with Crippen molar-refractivity contribution in [3.63, 3.8) is 0 Å². The molecule has 0 heterocycles. The maximum atomic E-state index is 11.8. The fraction of sp³-hybridized carbons (Fsp3) is 0.652. The van der Waals surface area contributed by atoms with Crippen LogP contribution in [-0.2, 0) is 4.79 Å². The van der Waals surface area contributed by atoms with Crippen LogP contribution in [0.25, 0.3) is 0 Å². The molecule has 1 amide bonds. The van der Waals surface area contributed by atoms with Crippen LogP contribution < -0.4 is 5.43 Å². The van der Waals surface area contributed by atoms with Gasteiger partial charge in [-0.1, -0.05) is 102 Å². The third-order valence-electron chi connectivity index (χ3n) is 5.08. The van der Waals surface area contributed by atoms with Crippen molar-refractivity contribution in [3.05, 3.63) is 38.9 Å². The Labute approximate surface area is 185 Å². The molecular formula is C23H36ClN3O3. The van der Waals surface area contributed by atoms with Crippen molar-refractivity contribution in [1.29, 1.82) is 0 Å². The van der Waals surface area contributed by atoms with Gasteiger partial charge >= 0.3 is 0 Å². The highest BCUT2D eigenvalue weighted by Crippen LogP contribution is 2.24. The molecule has 0 aliphatic carbocycles. The van der Waals surface area contributed by atoms with Crippen molar-refractivity contribution in [2.24, 2.45) is 5.10 Å². The third kappa shape index (κ3) is 12.6. The first-order valence-electron chi connectivity index (χ1n) is 11.3. The van der Waals surface area contributed by atoms with Crippen LogP contribution in [0.15, 0.2) is 23.3 Å². The van der Waals surface area contributed by atoms with Crippen LogP contribution >= 0.6 is 11.6 Å². The van der Waals surface area contributed by atoms with E-state index >= 15 is 0 Å². The summed E-state index contributed by atoms with van der Waals surface area (Å²) in [5.41, 5.74) is 2.79. The number of carbonyl (C=O) groups is 1. The third-order valence-corrected chi connectivity index (χ3v) is 5.40. The second kappa shape index (κ2) is 16.8. The Morgan fingerprint density at radius 2 is 1.53 bits per heavy atom. The van der Waals surface area contributed by atoms with E-state index in [-0.39, 0.29) is 16.6 Å². The number of nitrogens with zero attached hydrogens (tertiary/aromatic N) is 2. The average Bonchev–Trinajstić information content (AvgIpc) is 2.72. The quantitative estimate of drug-likeness (QED) is 0.121. The first-order valence-corrected chi connectivity index (χ1v) is 11.7. The molecule has 0 aliphatic heterocycles. The molecular weight excluding hydrogens is 402 g/mol. The van der Waals surface area contributed by atoms with Crippen LogP contribution in [-0.4, -0.2) is 17.0 Å². The minimum atomic E-state index is -0.549. The molecule has 0 fully saturated rings. The Bertz CT molecular complexity index is 665. The lowest BCUT2D eigenvalue weighted by Gasteiger charge is -2.03. The number of nitro groups is 1. The Morgan fingerprint density at radius 1 is 1.00 bits per heavy atom. The lowest BCUT2D eigenvalue weighted by atomic mass is 10.0. The summed E-state index contributed by atoms with van der Waals surface area (Å²) < 4.78 is 0. The number of nitro benzene ring substituents is 1. The van der Waals surface area contributed by atoms with Crippen molar-refractivity contribution >= 4 is 29.4 Å². The molecule has 0 bridgehead atoms. The molecule has 0 unspecified atom stereocenters. The van der Waals surface area contributed by atoms with Crippen molar-refractivity contribution in [1.82, 2.24) is 5.43 Å². The summed E-state index contributed by atoms with van der Waals surface area (Å²) in [7, 11) is 0. The van der Waals surface area contributed by atoms with Gasteiger partial charge in [0.2, 0.25) is 5.91 Å². The zero-order valence-corrected chi connectivity index (χ0v) is 19.0. The maximum absolute atomic E-state index is 11.8. The van der Waals surface area contributed by atoms with Gasteiger partial charge in [-0.15, -0.1) is 0 Å². The van der Waals surface area contributed by atoms with Gasteiger partial charge in [-0.2, -0.15) is 5.10 Å². The van der Waals surface area contributed by atoms with E-state index in [1.165, 1.54) is 89.0 Å². The van der Waals surface area contributed by atoms with E-state index in [9.17, 15) is 14.9 Å². The first-order chi connectivity index (χ1) is 14.5. The number of hydrogen-bond donors (Lipinski definition) is 1. The van der Waals surface area contributed by atoms with Crippen LogP contribution in [0.3, 0.4) is 0 Å². The highest BCUT2D eigenvalue weighted by molar-refractivity contribution is 6.32. The summed E-state index contributed by atoms with van der Waals surface area (Å²) in [5.74, 6) is -0.141. The van der Waals surface area contributed by atoms with E-state index < -0.39 is 4.92 Å². The molecule has 0 spiro atoms. The van der Waals surface area contributed by atoms with Crippen molar-refractivity contribution < 1.29 is 9.72 Å². The summed E-state index contributed by atoms with van der Waals surface area (Å²) in [6.07, 6.45) is 18.3. The van der Waals surface area contributed by atoms with Gasteiger partial charge in [0, 0.05) is 18.1 Å². The Balaban J connectivity index is 2.02. The number of halogens is 1. The zero-order valence-electron chi connectivity index (χ0n) is 18.2. The number of unbranched alkanes of at least 4 members (excludes halogenated alkanes) is 12. The van der Waals surface area contributed by atoms with E-state index in [4.69, 9.17) is 11.6 Å². The number of hydrazone groups is 1. The average molecular weight is 438 g/mol. The molecule has 1 N–H and O–H groups in total. The van der Waals surface area contributed by atoms with Crippen LogP contribution in [0, 0.1) is 10.1 Å². The molecule has 7 heteroatoms. The summed E-state index contributed by atoms with van der Waals surface area (Å²) in [4.78, 5) is 22.1. The molecule has 0 atom stereocenters. The van der Waals surface area contributed by atoms with E-state index in [2.05, 4.69) is 17.5 Å². The lowest BCUT2D eigenvalue weighted by Crippen LogP contribution is -2.16. The minimum absolute atomic E-state index is 0.0728. The van der Waals surface area contributed by atoms with Gasteiger partial charge in [0.05, 0.1) is 11.1 Å². The molecule has 168 valence electrons. The number of amides is 1. The summed E-state index contributed by atoms with van der Waals surface area (Å²) in [6.45, 7) is 2.25. The summed E-state index contributed by atoms with van der Waals surface area (Å²) >= 11 is 5.77. The number of carbonyl (C=O) groups excluding carboxylic acids is 1. The summed E-state index contributed by atoms with van der Waals surface area (Å²) in [5, 5.41) is 14.8. The Hall–Kier alpha value is -1.95. The standard InChI is InChI=1S/C23H36ClN3O3/c1-2-3-4-5-6-7-8-9-10-11-12-13-14-15-23(28)26-25-19-20-16-17-21(24)22(18-20)27(29)30/h16-19H,2-15H2,1H3,(H,26,28)/b25-19+. The van der Waals surface area contributed by atoms with Crippen LogP contribution in [0.5, 0.6) is 0 Å². The largest absolute Gasteiger partial charge is 0.288 e. The molecule has 0 saturated heterocycles. The van der Waals surface area contributed by atoms with E-state index in [1.807, 2.05) is 0 Å². The SMILES string of the molecule is CCCCCCCCCCCCCCCC(=O)N/N=C/c1ccc(Cl)c([N+](=O)[O-])c1. The highest BCUT2D eigenvalue weighted by atomic mass is 35.5. The number of nitrogens with one attached hydrogen (secondary N) is 1. The molecule has 0 aromatic heterocycles. The summed E-state index contributed by atoms with van der Waals surface area (Å²) in [6, 6.07) is 4.37. The maximum Gasteiger partial charge on any atom is 0.288 e. The molecule has 6 nitrogen and oxygen atoms in total. The molecule has 30 heavy (non-hydrogen) atoms. The van der Waals surface area contributed by atoms with Crippen LogP contribution in [0.4, 0.5) is 5.69 Å². The highest BCUT2D eigenvalue weighted by Gasteiger charge is 2.11. The molecule has 0 radical (unpaired) electrons. The van der Waals surface area contributed by atoms with E-state index in [0.717, 1.165) is 12.8 Å². The molecule has 1 aromatic carbocycles. The number of rotatable bonds is 17. The van der Waals surface area contributed by atoms with Gasteiger partial charge in [-0.25, -0.2) is 5.43 Å². The van der Waals surface area contributed by atoms with Gasteiger partial charge < -0.3 is 0 Å². The zero-order chi connectivity index (χ0) is 22.0. The predicted molar refractivity (Wildman–Crippen MR) is 124 cm³/mol. The van der Waals surface area contributed by atoms with Gasteiger partial charge in [0.1, 0.15) is 5.02 Å². The van der Waals surface area contributed by atoms with Gasteiger partial charge in [-0.05, 0) is 12.5 Å². The number of hydrogen-bond acceptors (Lipinski definition) is 4. The van der Waals surface area contributed by atoms with E-state index in [0.29, 0.717) is 12.0 Å². The van der Waals surface area contributed by atoms with Crippen LogP contribution in [0.1, 0.15) is 102 Å². The van der Waals surface area contributed by atoms with Gasteiger partial charge in [-0.3, -0.25) is 14.9 Å². The fourth-order valence-electron chi connectivity index (χ4n) is 3.29. The topological polar surface area (TPSA) is 84.6 Å². The first kappa shape index (κ1) is 26.1. The van der Waals surface area contributed by atoms with Crippen LogP contribution in [0.2, 0.25) is 5.02 Å². The van der Waals surface area contributed by atoms with Crippen molar-refractivity contribution in [2.75, 3.05) is 0 Å². The molecule has 0 aliphatic rings. The van der Waals surface area contributed by atoms with Crippen molar-refractivity contribution in [3.8, 4) is 0 Å². The fourth-order valence-corrected chi connectivity index (χ4v) is 3.47. The predicted octanol–water partition coefficient (Wildman–Crippen LogP) is 7.18. The number of benzene rings is 1. The Kier molecular flexibility index (Phi) is 14.6.